The molecular weight excluding hydrogens is 224 g/mol. The van der Waals surface area contributed by atoms with E-state index in [4.69, 9.17) is 4.74 Å². The van der Waals surface area contributed by atoms with Gasteiger partial charge in [0.1, 0.15) is 11.5 Å². The molecule has 0 aliphatic heterocycles. The van der Waals surface area contributed by atoms with Crippen LogP contribution in [-0.2, 0) is 6.54 Å². The molecule has 0 saturated heterocycles. The predicted molar refractivity (Wildman–Crippen MR) is 73.0 cm³/mol. The lowest BCUT2D eigenvalue weighted by Crippen LogP contribution is -2.06. The van der Waals surface area contributed by atoms with Crippen LogP contribution in [0.15, 0.2) is 36.5 Å². The molecule has 0 unspecified atom stereocenters. The lowest BCUT2D eigenvalue weighted by Gasteiger charge is -2.11. The summed E-state index contributed by atoms with van der Waals surface area (Å²) in [6.07, 6.45) is 1.77. The van der Waals surface area contributed by atoms with Gasteiger partial charge >= 0.3 is 0 Å². The van der Waals surface area contributed by atoms with Crippen molar-refractivity contribution in [3.05, 3.63) is 53.3 Å². The quantitative estimate of drug-likeness (QED) is 0.894. The fourth-order valence-corrected chi connectivity index (χ4v) is 1.76. The summed E-state index contributed by atoms with van der Waals surface area (Å²) in [7, 11) is 1.90. The van der Waals surface area contributed by atoms with Crippen LogP contribution in [-0.4, -0.2) is 12.0 Å². The minimum Gasteiger partial charge on any atom is -0.457 e. The van der Waals surface area contributed by atoms with Gasteiger partial charge in [0.2, 0.25) is 0 Å². The number of ether oxygens (including phenoxy) is 1. The molecule has 0 aliphatic rings. The number of aromatic nitrogens is 1. The van der Waals surface area contributed by atoms with Gasteiger partial charge in [-0.1, -0.05) is 12.1 Å². The predicted octanol–water partition coefficient (Wildman–Crippen LogP) is 3.21. The third-order valence-corrected chi connectivity index (χ3v) is 2.93. The first-order valence-corrected chi connectivity index (χ1v) is 6.04. The van der Waals surface area contributed by atoms with Crippen molar-refractivity contribution in [2.75, 3.05) is 7.05 Å². The van der Waals surface area contributed by atoms with Gasteiger partial charge in [-0.25, -0.2) is 0 Å². The fraction of sp³-hybridized carbons (Fsp3) is 0.267. The molecule has 0 aliphatic carbocycles. The van der Waals surface area contributed by atoms with Gasteiger partial charge in [0.15, 0.2) is 0 Å². The van der Waals surface area contributed by atoms with Crippen molar-refractivity contribution in [1.82, 2.24) is 10.3 Å². The summed E-state index contributed by atoms with van der Waals surface area (Å²) in [6.45, 7) is 4.89. The van der Waals surface area contributed by atoms with Gasteiger partial charge in [0.25, 0.3) is 0 Å². The Morgan fingerprint density at radius 2 is 2.06 bits per heavy atom. The molecule has 1 N–H and O–H groups in total. The van der Waals surface area contributed by atoms with Gasteiger partial charge in [0, 0.05) is 18.8 Å². The Bertz CT molecular complexity index is 538. The number of benzene rings is 1. The topological polar surface area (TPSA) is 34.1 Å². The van der Waals surface area contributed by atoms with Crippen molar-refractivity contribution in [2.45, 2.75) is 20.4 Å². The summed E-state index contributed by atoms with van der Waals surface area (Å²) in [6, 6.07) is 9.91. The largest absolute Gasteiger partial charge is 0.457 e. The highest BCUT2D eigenvalue weighted by molar-refractivity contribution is 5.41. The summed E-state index contributed by atoms with van der Waals surface area (Å²) < 4.78 is 5.91. The molecule has 0 radical (unpaired) electrons. The first kappa shape index (κ1) is 12.6. The van der Waals surface area contributed by atoms with E-state index >= 15 is 0 Å². The Labute approximate surface area is 108 Å². The second-order valence-corrected chi connectivity index (χ2v) is 4.31. The molecule has 0 spiro atoms. The molecule has 0 fully saturated rings. The highest BCUT2D eigenvalue weighted by Crippen LogP contribution is 2.26. The average molecular weight is 242 g/mol. The van der Waals surface area contributed by atoms with E-state index < -0.39 is 0 Å². The van der Waals surface area contributed by atoms with E-state index in [1.54, 1.807) is 6.20 Å². The second-order valence-electron chi connectivity index (χ2n) is 4.31. The first-order valence-electron chi connectivity index (χ1n) is 6.04. The van der Waals surface area contributed by atoms with E-state index in [1.165, 1.54) is 11.1 Å². The molecule has 0 saturated carbocycles. The molecule has 94 valence electrons. The Hall–Kier alpha value is -1.87. The van der Waals surface area contributed by atoms with Crippen molar-refractivity contribution >= 4 is 0 Å². The van der Waals surface area contributed by atoms with Gasteiger partial charge in [0.05, 0.1) is 5.69 Å². The maximum absolute atomic E-state index is 5.91. The van der Waals surface area contributed by atoms with Crippen molar-refractivity contribution in [3.63, 3.8) is 0 Å². The van der Waals surface area contributed by atoms with Crippen LogP contribution in [0.4, 0.5) is 0 Å². The van der Waals surface area contributed by atoms with Gasteiger partial charge in [-0.05, 0) is 44.2 Å². The standard InChI is InChI=1S/C15H18N2O/c1-11-5-4-6-15(12(11)2)18-14-7-8-17-13(9-14)10-16-3/h4-9,16H,10H2,1-3H3. The molecule has 18 heavy (non-hydrogen) atoms. The van der Waals surface area contributed by atoms with Crippen molar-refractivity contribution < 1.29 is 4.74 Å². The first-order chi connectivity index (χ1) is 8.70. The zero-order valence-electron chi connectivity index (χ0n) is 11.0. The van der Waals surface area contributed by atoms with Gasteiger partial charge in [-0.15, -0.1) is 0 Å². The van der Waals surface area contributed by atoms with Gasteiger partial charge < -0.3 is 10.1 Å². The van der Waals surface area contributed by atoms with Crippen molar-refractivity contribution in [1.29, 1.82) is 0 Å². The number of nitrogens with one attached hydrogen (secondary N) is 1. The maximum Gasteiger partial charge on any atom is 0.130 e. The molecule has 1 aromatic heterocycles. The highest BCUT2D eigenvalue weighted by Gasteiger charge is 2.04. The molecule has 0 bridgehead atoms. The SMILES string of the molecule is CNCc1cc(Oc2cccc(C)c2C)ccn1. The normalized spacial score (nSPS) is 10.4. The summed E-state index contributed by atoms with van der Waals surface area (Å²) >= 11 is 0. The summed E-state index contributed by atoms with van der Waals surface area (Å²) in [5, 5.41) is 3.08. The Morgan fingerprint density at radius 1 is 1.22 bits per heavy atom. The summed E-state index contributed by atoms with van der Waals surface area (Å²) in [4.78, 5) is 4.27. The monoisotopic (exact) mass is 242 g/mol. The van der Waals surface area contributed by atoms with E-state index in [2.05, 4.69) is 30.2 Å². The van der Waals surface area contributed by atoms with Crippen LogP contribution in [0, 0.1) is 13.8 Å². The minimum atomic E-state index is 0.740. The lowest BCUT2D eigenvalue weighted by atomic mass is 10.1. The van der Waals surface area contributed by atoms with Crippen LogP contribution in [0.3, 0.4) is 0 Å². The Kier molecular flexibility index (Phi) is 3.95. The van der Waals surface area contributed by atoms with Gasteiger partial charge in [-0.2, -0.15) is 0 Å². The minimum absolute atomic E-state index is 0.740. The lowest BCUT2D eigenvalue weighted by molar-refractivity contribution is 0.476. The van der Waals surface area contributed by atoms with Crippen LogP contribution in [0.2, 0.25) is 0 Å². The molecular formula is C15H18N2O. The molecule has 3 nitrogen and oxygen atoms in total. The number of pyridine rings is 1. The van der Waals surface area contributed by atoms with E-state index in [0.717, 1.165) is 23.7 Å². The number of aryl methyl sites for hydroxylation is 1. The fourth-order valence-electron chi connectivity index (χ4n) is 1.76. The van der Waals surface area contributed by atoms with Crippen LogP contribution in [0.5, 0.6) is 11.5 Å². The zero-order valence-corrected chi connectivity index (χ0v) is 11.0. The number of hydrogen-bond acceptors (Lipinski definition) is 3. The second kappa shape index (κ2) is 5.65. The van der Waals surface area contributed by atoms with Crippen molar-refractivity contribution in [2.24, 2.45) is 0 Å². The third-order valence-electron chi connectivity index (χ3n) is 2.93. The molecule has 2 rings (SSSR count). The smallest absolute Gasteiger partial charge is 0.130 e. The number of rotatable bonds is 4. The molecule has 1 aromatic carbocycles. The maximum atomic E-state index is 5.91. The van der Waals surface area contributed by atoms with E-state index in [1.807, 2.05) is 31.3 Å². The summed E-state index contributed by atoms with van der Waals surface area (Å²) in [5.74, 6) is 1.72. The Balaban J connectivity index is 2.23. The molecule has 3 heteroatoms. The summed E-state index contributed by atoms with van der Waals surface area (Å²) in [5.41, 5.74) is 3.38. The van der Waals surface area contributed by atoms with E-state index in [0.29, 0.717) is 0 Å². The van der Waals surface area contributed by atoms with E-state index in [-0.39, 0.29) is 0 Å². The Morgan fingerprint density at radius 3 is 2.83 bits per heavy atom. The molecule has 0 amide bonds. The average Bonchev–Trinajstić information content (AvgIpc) is 2.36. The highest BCUT2D eigenvalue weighted by atomic mass is 16.5. The van der Waals surface area contributed by atoms with Crippen molar-refractivity contribution in [3.8, 4) is 11.5 Å². The number of hydrogen-bond donors (Lipinski definition) is 1. The molecule has 1 heterocycles. The molecule has 0 atom stereocenters. The van der Waals surface area contributed by atoms with Crippen LogP contribution in [0.25, 0.3) is 0 Å². The zero-order chi connectivity index (χ0) is 13.0. The van der Waals surface area contributed by atoms with Crippen LogP contribution < -0.4 is 10.1 Å². The van der Waals surface area contributed by atoms with Gasteiger partial charge in [-0.3, -0.25) is 4.98 Å². The van der Waals surface area contributed by atoms with Crippen LogP contribution in [0.1, 0.15) is 16.8 Å². The molecule has 2 aromatic rings. The number of nitrogens with zero attached hydrogens (tertiary/aromatic N) is 1. The van der Waals surface area contributed by atoms with E-state index in [9.17, 15) is 0 Å². The third kappa shape index (κ3) is 2.87. The van der Waals surface area contributed by atoms with Crippen LogP contribution >= 0.6 is 0 Å².